The van der Waals surface area contributed by atoms with Crippen molar-refractivity contribution in [2.24, 2.45) is 0 Å². The molecule has 1 aromatic rings. The van der Waals surface area contributed by atoms with E-state index in [4.69, 9.17) is 23.2 Å². The average Bonchev–Trinajstić information content (AvgIpc) is 2.48. The fraction of sp³-hybridized carbons (Fsp3) is 0.600. The van der Waals surface area contributed by atoms with E-state index in [1.54, 1.807) is 0 Å². The number of halogens is 2. The van der Waals surface area contributed by atoms with Gasteiger partial charge in [0, 0.05) is 48.0 Å². The van der Waals surface area contributed by atoms with Gasteiger partial charge in [0.05, 0.1) is 10.0 Å². The van der Waals surface area contributed by atoms with Crippen LogP contribution in [-0.2, 0) is 10.8 Å². The zero-order valence-corrected chi connectivity index (χ0v) is 14.6. The molecule has 1 fully saturated rings. The number of nitrogens with one attached hydrogen (secondary N) is 1. The van der Waals surface area contributed by atoms with E-state index in [0.717, 1.165) is 49.7 Å². The van der Waals surface area contributed by atoms with Crippen molar-refractivity contribution in [3.8, 4) is 0 Å². The van der Waals surface area contributed by atoms with Crippen LogP contribution >= 0.6 is 23.2 Å². The molecule has 1 atom stereocenters. The molecule has 0 saturated carbocycles. The van der Waals surface area contributed by atoms with E-state index in [2.05, 4.69) is 17.1 Å². The molecule has 6 heteroatoms. The van der Waals surface area contributed by atoms with Crippen molar-refractivity contribution in [2.45, 2.75) is 19.4 Å². The molecule has 1 aliphatic rings. The van der Waals surface area contributed by atoms with Gasteiger partial charge in [-0.15, -0.1) is 0 Å². The molecule has 0 aromatic heterocycles. The van der Waals surface area contributed by atoms with Crippen molar-refractivity contribution in [3.63, 3.8) is 0 Å². The molecule has 3 nitrogen and oxygen atoms in total. The number of hydrogen-bond acceptors (Lipinski definition) is 3. The molecular formula is C15H22Cl2N2OS. The molecule has 1 N–H and O–H groups in total. The quantitative estimate of drug-likeness (QED) is 0.857. The van der Waals surface area contributed by atoms with Crippen LogP contribution < -0.4 is 5.32 Å². The molecular weight excluding hydrogens is 327 g/mol. The topological polar surface area (TPSA) is 32.3 Å². The predicted molar refractivity (Wildman–Crippen MR) is 91.8 cm³/mol. The molecule has 0 bridgehead atoms. The second-order valence-corrected chi connectivity index (χ2v) is 7.71. The Hall–Kier alpha value is -0.130. The van der Waals surface area contributed by atoms with Crippen molar-refractivity contribution in [3.05, 3.63) is 33.8 Å². The maximum Gasteiger partial charge on any atom is 0.0640 e. The Morgan fingerprint density at radius 3 is 2.71 bits per heavy atom. The van der Waals surface area contributed by atoms with Gasteiger partial charge in [0.25, 0.3) is 0 Å². The molecule has 1 saturated heterocycles. The fourth-order valence-electron chi connectivity index (χ4n) is 2.61. The van der Waals surface area contributed by atoms with Gasteiger partial charge >= 0.3 is 0 Å². The van der Waals surface area contributed by atoms with Crippen molar-refractivity contribution in [1.82, 2.24) is 10.2 Å². The van der Waals surface area contributed by atoms with E-state index < -0.39 is 10.8 Å². The highest BCUT2D eigenvalue weighted by atomic mass is 35.5. The SMILES string of the molecule is CCNC(CCN1CCS(=O)CC1)c1cccc(Cl)c1Cl. The standard InChI is InChI=1S/C15H22Cl2N2OS/c1-2-18-14(12-4-3-5-13(16)15(12)17)6-7-19-8-10-21(20)11-9-19/h3-5,14,18H,2,6-11H2,1H3. The first-order valence-corrected chi connectivity index (χ1v) is 9.60. The lowest BCUT2D eigenvalue weighted by atomic mass is 10.0. The smallest absolute Gasteiger partial charge is 0.0640 e. The highest BCUT2D eigenvalue weighted by Crippen LogP contribution is 2.31. The second-order valence-electron chi connectivity index (χ2n) is 5.23. The van der Waals surface area contributed by atoms with Crippen LogP contribution in [0, 0.1) is 0 Å². The third-order valence-electron chi connectivity index (χ3n) is 3.81. The van der Waals surface area contributed by atoms with Crippen molar-refractivity contribution in [1.29, 1.82) is 0 Å². The van der Waals surface area contributed by atoms with E-state index >= 15 is 0 Å². The first-order valence-electron chi connectivity index (χ1n) is 7.36. The molecule has 1 aliphatic heterocycles. The third-order valence-corrected chi connectivity index (χ3v) is 5.92. The zero-order chi connectivity index (χ0) is 15.2. The van der Waals surface area contributed by atoms with Crippen LogP contribution in [0.15, 0.2) is 18.2 Å². The van der Waals surface area contributed by atoms with Gasteiger partial charge < -0.3 is 10.2 Å². The van der Waals surface area contributed by atoms with Crippen LogP contribution in [0.1, 0.15) is 24.9 Å². The fourth-order valence-corrected chi connectivity index (χ4v) is 4.18. The Balaban J connectivity index is 1.99. The van der Waals surface area contributed by atoms with Crippen LogP contribution in [0.3, 0.4) is 0 Å². The zero-order valence-electron chi connectivity index (χ0n) is 12.3. The molecule has 0 radical (unpaired) electrons. The monoisotopic (exact) mass is 348 g/mol. The summed E-state index contributed by atoms with van der Waals surface area (Å²) in [6, 6.07) is 6.00. The van der Waals surface area contributed by atoms with E-state index in [0.29, 0.717) is 10.0 Å². The molecule has 118 valence electrons. The first kappa shape index (κ1) is 17.2. The predicted octanol–water partition coefficient (Wildman–Crippen LogP) is 3.10. The van der Waals surface area contributed by atoms with Gasteiger partial charge in [0.15, 0.2) is 0 Å². The minimum Gasteiger partial charge on any atom is -0.310 e. The molecule has 0 aliphatic carbocycles. The van der Waals surface area contributed by atoms with Gasteiger partial charge in [0.2, 0.25) is 0 Å². The van der Waals surface area contributed by atoms with Crippen molar-refractivity contribution in [2.75, 3.05) is 37.7 Å². The molecule has 1 unspecified atom stereocenters. The largest absolute Gasteiger partial charge is 0.310 e. The van der Waals surface area contributed by atoms with Crippen LogP contribution in [0.5, 0.6) is 0 Å². The molecule has 21 heavy (non-hydrogen) atoms. The Labute approximate surface area is 139 Å². The lowest BCUT2D eigenvalue weighted by molar-refractivity contribution is 0.279. The maximum atomic E-state index is 11.4. The highest BCUT2D eigenvalue weighted by Gasteiger charge is 2.19. The summed E-state index contributed by atoms with van der Waals surface area (Å²) in [5, 5.41) is 4.73. The maximum absolute atomic E-state index is 11.4. The summed E-state index contributed by atoms with van der Waals surface area (Å²) in [5.41, 5.74) is 1.06. The number of benzene rings is 1. The summed E-state index contributed by atoms with van der Waals surface area (Å²) in [7, 11) is -0.617. The number of hydrogen-bond donors (Lipinski definition) is 1. The first-order chi connectivity index (χ1) is 10.1. The van der Waals surface area contributed by atoms with Gasteiger partial charge in [-0.25, -0.2) is 0 Å². The summed E-state index contributed by atoms with van der Waals surface area (Å²) in [6.07, 6.45) is 0.973. The van der Waals surface area contributed by atoms with Crippen LogP contribution in [0.4, 0.5) is 0 Å². The second kappa shape index (κ2) is 8.49. The van der Waals surface area contributed by atoms with Crippen molar-refractivity contribution < 1.29 is 4.21 Å². The summed E-state index contributed by atoms with van der Waals surface area (Å²) in [5.74, 6) is 1.59. The summed E-state index contributed by atoms with van der Waals surface area (Å²) < 4.78 is 11.4. The van der Waals surface area contributed by atoms with Gasteiger partial charge in [-0.2, -0.15) is 0 Å². The summed E-state index contributed by atoms with van der Waals surface area (Å²) >= 11 is 12.5. The lowest BCUT2D eigenvalue weighted by Gasteiger charge is -2.28. The lowest BCUT2D eigenvalue weighted by Crippen LogP contribution is -2.39. The van der Waals surface area contributed by atoms with Gasteiger partial charge in [-0.05, 0) is 24.6 Å². The highest BCUT2D eigenvalue weighted by molar-refractivity contribution is 7.85. The molecule has 0 spiro atoms. The van der Waals surface area contributed by atoms with Gasteiger partial charge in [-0.1, -0.05) is 42.3 Å². The number of rotatable bonds is 6. The number of nitrogens with zero attached hydrogens (tertiary/aromatic N) is 1. The van der Waals surface area contributed by atoms with Crippen molar-refractivity contribution >= 4 is 34.0 Å². The van der Waals surface area contributed by atoms with Gasteiger partial charge in [0.1, 0.15) is 0 Å². The van der Waals surface area contributed by atoms with Gasteiger partial charge in [-0.3, -0.25) is 4.21 Å². The summed E-state index contributed by atoms with van der Waals surface area (Å²) in [4.78, 5) is 2.38. The summed E-state index contributed by atoms with van der Waals surface area (Å²) in [6.45, 7) is 5.81. The molecule has 1 aromatic carbocycles. The third kappa shape index (κ3) is 4.93. The Morgan fingerprint density at radius 1 is 1.33 bits per heavy atom. The molecule has 2 rings (SSSR count). The Kier molecular flexibility index (Phi) is 6.96. The van der Waals surface area contributed by atoms with Crippen LogP contribution in [-0.4, -0.2) is 46.8 Å². The Morgan fingerprint density at radius 2 is 2.05 bits per heavy atom. The normalized spacial score (nSPS) is 18.8. The van der Waals surface area contributed by atoms with Crippen LogP contribution in [0.2, 0.25) is 10.0 Å². The molecule has 0 amide bonds. The van der Waals surface area contributed by atoms with Crippen LogP contribution in [0.25, 0.3) is 0 Å². The average molecular weight is 349 g/mol. The van der Waals surface area contributed by atoms with E-state index in [1.807, 2.05) is 18.2 Å². The van der Waals surface area contributed by atoms with E-state index in [1.165, 1.54) is 0 Å². The van der Waals surface area contributed by atoms with E-state index in [-0.39, 0.29) is 6.04 Å². The minimum absolute atomic E-state index is 0.202. The molecule has 1 heterocycles. The minimum atomic E-state index is -0.617. The van der Waals surface area contributed by atoms with E-state index in [9.17, 15) is 4.21 Å². The Bertz CT molecular complexity index is 489.